The van der Waals surface area contributed by atoms with E-state index in [0.29, 0.717) is 16.8 Å². The number of H-pyrrole nitrogens is 1. The molecule has 30 heavy (non-hydrogen) atoms. The molecule has 0 radical (unpaired) electrons. The summed E-state index contributed by atoms with van der Waals surface area (Å²) >= 11 is 0. The van der Waals surface area contributed by atoms with E-state index < -0.39 is 5.56 Å². The molecule has 0 bridgehead atoms. The Kier molecular flexibility index (Phi) is 5.31. The van der Waals surface area contributed by atoms with Crippen LogP contribution in [0.15, 0.2) is 83.7 Å². The molecule has 1 aromatic heterocycles. The third-order valence-electron chi connectivity index (χ3n) is 5.03. The summed E-state index contributed by atoms with van der Waals surface area (Å²) in [6.45, 7) is 1.99. The number of nitrogens with one attached hydrogen (secondary N) is 1. The molecule has 0 spiro atoms. The van der Waals surface area contributed by atoms with Gasteiger partial charge in [0.1, 0.15) is 5.75 Å². The molecule has 1 heterocycles. The van der Waals surface area contributed by atoms with Crippen molar-refractivity contribution in [1.82, 2.24) is 4.98 Å². The van der Waals surface area contributed by atoms with E-state index in [1.54, 1.807) is 13.2 Å². The Labute approximate surface area is 174 Å². The van der Waals surface area contributed by atoms with Gasteiger partial charge in [-0.2, -0.15) is 0 Å². The summed E-state index contributed by atoms with van der Waals surface area (Å²) in [7, 11) is 1.58. The molecule has 148 valence electrons. The first-order chi connectivity index (χ1) is 14.6. The van der Waals surface area contributed by atoms with Gasteiger partial charge in [0.25, 0.3) is 5.56 Å². The predicted octanol–water partition coefficient (Wildman–Crippen LogP) is 5.41. The standard InChI is InChI=1S/C26H21NO3/c1-17-12-14-21-20(16-17)24(19-9-4-3-5-10-19)25(26(29)27-21)22(28)15-13-18-8-6-7-11-23(18)30-2/h3-16H,1-2H3,(H,27,29)/b15-13+. The number of carbonyl (C=O) groups excluding carboxylic acids is 1. The second kappa shape index (κ2) is 8.21. The van der Waals surface area contributed by atoms with Crippen LogP contribution in [0.4, 0.5) is 0 Å². The molecular formula is C26H21NO3. The van der Waals surface area contributed by atoms with Crippen LogP contribution >= 0.6 is 0 Å². The molecule has 0 saturated carbocycles. The van der Waals surface area contributed by atoms with E-state index in [1.807, 2.05) is 79.7 Å². The van der Waals surface area contributed by atoms with Gasteiger partial charge < -0.3 is 9.72 Å². The predicted molar refractivity (Wildman–Crippen MR) is 121 cm³/mol. The van der Waals surface area contributed by atoms with Crippen molar-refractivity contribution in [2.75, 3.05) is 7.11 Å². The lowest BCUT2D eigenvalue weighted by molar-refractivity contribution is 0.104. The van der Waals surface area contributed by atoms with Crippen molar-refractivity contribution in [1.29, 1.82) is 0 Å². The molecule has 0 unspecified atom stereocenters. The fourth-order valence-electron chi connectivity index (χ4n) is 3.60. The van der Waals surface area contributed by atoms with Gasteiger partial charge in [0.2, 0.25) is 0 Å². The highest BCUT2D eigenvalue weighted by atomic mass is 16.5. The van der Waals surface area contributed by atoms with E-state index >= 15 is 0 Å². The zero-order valence-corrected chi connectivity index (χ0v) is 16.8. The maximum absolute atomic E-state index is 13.2. The van der Waals surface area contributed by atoms with Crippen LogP contribution in [0.1, 0.15) is 21.5 Å². The second-order valence-corrected chi connectivity index (χ2v) is 7.06. The Balaban J connectivity index is 1.92. The van der Waals surface area contributed by atoms with Crippen molar-refractivity contribution in [3.8, 4) is 16.9 Å². The SMILES string of the molecule is COc1ccccc1/C=C/C(=O)c1c(-c2ccccc2)c2cc(C)ccc2[nH]c1=O. The first kappa shape index (κ1) is 19.4. The molecule has 4 rings (SSSR count). The number of rotatable bonds is 5. The van der Waals surface area contributed by atoms with Crippen LogP contribution in [0.2, 0.25) is 0 Å². The summed E-state index contributed by atoms with van der Waals surface area (Å²) in [5.41, 5.74) is 3.72. The normalized spacial score (nSPS) is 11.1. The number of ketones is 1. The average molecular weight is 395 g/mol. The lowest BCUT2D eigenvalue weighted by atomic mass is 9.93. The third kappa shape index (κ3) is 3.67. The van der Waals surface area contributed by atoms with Crippen LogP contribution < -0.4 is 10.3 Å². The smallest absolute Gasteiger partial charge is 0.260 e. The Morgan fingerprint density at radius 3 is 2.47 bits per heavy atom. The lowest BCUT2D eigenvalue weighted by Gasteiger charge is -2.12. The van der Waals surface area contributed by atoms with Gasteiger partial charge in [-0.15, -0.1) is 0 Å². The van der Waals surface area contributed by atoms with E-state index in [4.69, 9.17) is 4.74 Å². The fraction of sp³-hybridized carbons (Fsp3) is 0.0769. The maximum Gasteiger partial charge on any atom is 0.260 e. The highest BCUT2D eigenvalue weighted by Crippen LogP contribution is 2.31. The van der Waals surface area contributed by atoms with Crippen molar-refractivity contribution < 1.29 is 9.53 Å². The molecule has 0 aliphatic heterocycles. The van der Waals surface area contributed by atoms with E-state index in [2.05, 4.69) is 4.98 Å². The minimum absolute atomic E-state index is 0.130. The summed E-state index contributed by atoms with van der Waals surface area (Å²) in [4.78, 5) is 29.0. The minimum Gasteiger partial charge on any atom is -0.496 e. The van der Waals surface area contributed by atoms with Gasteiger partial charge in [-0.05, 0) is 42.8 Å². The number of hydrogen-bond donors (Lipinski definition) is 1. The number of para-hydroxylation sites is 1. The van der Waals surface area contributed by atoms with E-state index in [0.717, 1.165) is 22.1 Å². The van der Waals surface area contributed by atoms with Crippen LogP contribution in [0.5, 0.6) is 5.75 Å². The first-order valence-electron chi connectivity index (χ1n) is 9.66. The molecule has 4 aromatic rings. The molecule has 4 heteroatoms. The molecular weight excluding hydrogens is 374 g/mol. The average Bonchev–Trinajstić information content (AvgIpc) is 2.77. The Bertz CT molecular complexity index is 1320. The van der Waals surface area contributed by atoms with E-state index in [1.165, 1.54) is 6.08 Å². The van der Waals surface area contributed by atoms with Crippen LogP contribution in [0, 0.1) is 6.92 Å². The summed E-state index contributed by atoms with van der Waals surface area (Å²) in [6, 6.07) is 22.8. The Hall–Kier alpha value is -3.92. The summed E-state index contributed by atoms with van der Waals surface area (Å²) in [6.07, 6.45) is 3.10. The molecule has 1 N–H and O–H groups in total. The first-order valence-corrected chi connectivity index (χ1v) is 9.66. The van der Waals surface area contributed by atoms with Crippen LogP contribution in [-0.2, 0) is 0 Å². The van der Waals surface area contributed by atoms with Crippen molar-refractivity contribution in [2.24, 2.45) is 0 Å². The van der Waals surface area contributed by atoms with Gasteiger partial charge in [0.15, 0.2) is 5.78 Å². The van der Waals surface area contributed by atoms with Crippen LogP contribution in [0.25, 0.3) is 28.1 Å². The third-order valence-corrected chi connectivity index (χ3v) is 5.03. The second-order valence-electron chi connectivity index (χ2n) is 7.06. The number of pyridine rings is 1. The number of aromatic amines is 1. The lowest BCUT2D eigenvalue weighted by Crippen LogP contribution is -2.18. The van der Waals surface area contributed by atoms with Crippen LogP contribution in [-0.4, -0.2) is 17.9 Å². The minimum atomic E-state index is -0.403. The number of aryl methyl sites for hydroxylation is 1. The van der Waals surface area contributed by atoms with E-state index in [9.17, 15) is 9.59 Å². The number of allylic oxidation sites excluding steroid dienone is 1. The number of hydrogen-bond acceptors (Lipinski definition) is 3. The molecule has 0 amide bonds. The number of methoxy groups -OCH3 is 1. The molecule has 0 aliphatic carbocycles. The quantitative estimate of drug-likeness (QED) is 0.363. The monoisotopic (exact) mass is 395 g/mol. The van der Waals surface area contributed by atoms with Gasteiger partial charge >= 0.3 is 0 Å². The molecule has 0 fully saturated rings. The van der Waals surface area contributed by atoms with Crippen molar-refractivity contribution in [3.63, 3.8) is 0 Å². The molecule has 0 atom stereocenters. The van der Waals surface area contributed by atoms with Crippen molar-refractivity contribution >= 4 is 22.8 Å². The number of benzene rings is 3. The zero-order chi connectivity index (χ0) is 21.1. The van der Waals surface area contributed by atoms with E-state index in [-0.39, 0.29) is 11.3 Å². The number of ether oxygens (including phenoxy) is 1. The van der Waals surface area contributed by atoms with Crippen molar-refractivity contribution in [2.45, 2.75) is 6.92 Å². The number of aromatic nitrogens is 1. The fourth-order valence-corrected chi connectivity index (χ4v) is 3.60. The topological polar surface area (TPSA) is 59.2 Å². The zero-order valence-electron chi connectivity index (χ0n) is 16.8. The van der Waals surface area contributed by atoms with Crippen LogP contribution in [0.3, 0.4) is 0 Å². The van der Waals surface area contributed by atoms with Gasteiger partial charge in [0.05, 0.1) is 12.7 Å². The summed E-state index contributed by atoms with van der Waals surface area (Å²) in [5.74, 6) is 0.303. The molecule has 0 aliphatic rings. The Morgan fingerprint density at radius 1 is 0.967 bits per heavy atom. The largest absolute Gasteiger partial charge is 0.496 e. The molecule has 0 saturated heterocycles. The molecule has 3 aromatic carbocycles. The van der Waals surface area contributed by atoms with Gasteiger partial charge in [-0.1, -0.05) is 60.2 Å². The van der Waals surface area contributed by atoms with Gasteiger partial charge in [-0.25, -0.2) is 0 Å². The molecule has 4 nitrogen and oxygen atoms in total. The number of fused-ring (bicyclic) bond motifs is 1. The van der Waals surface area contributed by atoms with Gasteiger partial charge in [0, 0.05) is 22.0 Å². The highest BCUT2D eigenvalue weighted by Gasteiger charge is 2.19. The highest BCUT2D eigenvalue weighted by molar-refractivity contribution is 6.15. The summed E-state index contributed by atoms with van der Waals surface area (Å²) in [5, 5.41) is 0.842. The Morgan fingerprint density at radius 2 is 1.70 bits per heavy atom. The van der Waals surface area contributed by atoms with Gasteiger partial charge in [-0.3, -0.25) is 9.59 Å². The van der Waals surface area contributed by atoms with Crippen molar-refractivity contribution in [3.05, 3.63) is 106 Å². The maximum atomic E-state index is 13.2. The summed E-state index contributed by atoms with van der Waals surface area (Å²) < 4.78 is 5.34. The number of carbonyl (C=O) groups is 1.